The molecule has 0 aliphatic carbocycles. The quantitative estimate of drug-likeness (QED) is 0.199. The van der Waals surface area contributed by atoms with Gasteiger partial charge in [0.05, 0.1) is 17.3 Å². The van der Waals surface area contributed by atoms with Gasteiger partial charge in [-0.05, 0) is 72.5 Å². The average Bonchev–Trinajstić information content (AvgIpc) is 2.80. The van der Waals surface area contributed by atoms with Crippen LogP contribution in [-0.4, -0.2) is 18.5 Å². The zero-order chi connectivity index (χ0) is 23.8. The SMILES string of the molecule is CC(C)c1ccc(OCCCC(=O)Oc2ccc(C(=O)Nc3cc(Cl)ccc3Cl)cc2)cc1. The Balaban J connectivity index is 1.43. The molecule has 1 amide bonds. The smallest absolute Gasteiger partial charge is 0.311 e. The summed E-state index contributed by atoms with van der Waals surface area (Å²) in [6.07, 6.45) is 0.755. The Kier molecular flexibility index (Phi) is 8.75. The van der Waals surface area contributed by atoms with Gasteiger partial charge in [-0.1, -0.05) is 49.2 Å². The second-order valence-electron chi connectivity index (χ2n) is 7.75. The molecule has 5 nitrogen and oxygen atoms in total. The molecule has 172 valence electrons. The molecule has 0 radical (unpaired) electrons. The van der Waals surface area contributed by atoms with E-state index < -0.39 is 0 Å². The van der Waals surface area contributed by atoms with E-state index in [-0.39, 0.29) is 18.3 Å². The maximum atomic E-state index is 12.4. The first-order chi connectivity index (χ1) is 15.8. The number of hydrogen-bond donors (Lipinski definition) is 1. The fraction of sp³-hybridized carbons (Fsp3) is 0.231. The predicted molar refractivity (Wildman–Crippen MR) is 132 cm³/mol. The summed E-state index contributed by atoms with van der Waals surface area (Å²) in [7, 11) is 0. The fourth-order valence-electron chi connectivity index (χ4n) is 3.00. The summed E-state index contributed by atoms with van der Waals surface area (Å²) < 4.78 is 11.0. The van der Waals surface area contributed by atoms with Gasteiger partial charge in [0.15, 0.2) is 0 Å². The lowest BCUT2D eigenvalue weighted by atomic mass is 10.0. The van der Waals surface area contributed by atoms with Gasteiger partial charge in [0.1, 0.15) is 11.5 Å². The summed E-state index contributed by atoms with van der Waals surface area (Å²) in [6, 6.07) is 19.1. The number of esters is 1. The topological polar surface area (TPSA) is 64.6 Å². The molecule has 3 aromatic rings. The van der Waals surface area contributed by atoms with E-state index in [4.69, 9.17) is 32.7 Å². The van der Waals surface area contributed by atoms with Crippen LogP contribution in [0.3, 0.4) is 0 Å². The van der Waals surface area contributed by atoms with Gasteiger partial charge in [-0.25, -0.2) is 0 Å². The van der Waals surface area contributed by atoms with Crippen molar-refractivity contribution in [2.45, 2.75) is 32.6 Å². The molecule has 3 aromatic carbocycles. The largest absolute Gasteiger partial charge is 0.494 e. The minimum Gasteiger partial charge on any atom is -0.494 e. The molecule has 0 atom stereocenters. The van der Waals surface area contributed by atoms with E-state index in [9.17, 15) is 9.59 Å². The molecular weight excluding hydrogens is 461 g/mol. The molecule has 33 heavy (non-hydrogen) atoms. The maximum Gasteiger partial charge on any atom is 0.311 e. The van der Waals surface area contributed by atoms with Crippen molar-refractivity contribution >= 4 is 40.8 Å². The molecule has 0 heterocycles. The average molecular weight is 486 g/mol. The second-order valence-corrected chi connectivity index (χ2v) is 8.60. The summed E-state index contributed by atoms with van der Waals surface area (Å²) >= 11 is 12.0. The first-order valence-corrected chi connectivity index (χ1v) is 11.4. The van der Waals surface area contributed by atoms with Crippen molar-refractivity contribution < 1.29 is 19.1 Å². The van der Waals surface area contributed by atoms with E-state index in [1.807, 2.05) is 24.3 Å². The highest BCUT2D eigenvalue weighted by molar-refractivity contribution is 6.35. The van der Waals surface area contributed by atoms with Gasteiger partial charge in [0.2, 0.25) is 0 Å². The van der Waals surface area contributed by atoms with Gasteiger partial charge in [-0.3, -0.25) is 9.59 Å². The van der Waals surface area contributed by atoms with Crippen molar-refractivity contribution in [2.75, 3.05) is 11.9 Å². The zero-order valence-electron chi connectivity index (χ0n) is 18.4. The number of ether oxygens (including phenoxy) is 2. The van der Waals surface area contributed by atoms with Crippen LogP contribution in [-0.2, 0) is 4.79 Å². The highest BCUT2D eigenvalue weighted by Crippen LogP contribution is 2.26. The van der Waals surface area contributed by atoms with E-state index in [1.54, 1.807) is 42.5 Å². The molecule has 7 heteroatoms. The minimum absolute atomic E-state index is 0.222. The molecule has 0 aliphatic heterocycles. The molecule has 0 bridgehead atoms. The van der Waals surface area contributed by atoms with Crippen LogP contribution in [0.25, 0.3) is 0 Å². The lowest BCUT2D eigenvalue weighted by Crippen LogP contribution is -2.13. The molecule has 3 rings (SSSR count). The van der Waals surface area contributed by atoms with Crippen LogP contribution in [0, 0.1) is 0 Å². The Morgan fingerprint density at radius 2 is 1.58 bits per heavy atom. The van der Waals surface area contributed by atoms with Crippen molar-refractivity contribution in [3.05, 3.63) is 87.9 Å². The predicted octanol–water partition coefficient (Wildman–Crippen LogP) is 7.13. The van der Waals surface area contributed by atoms with Crippen LogP contribution in [0.5, 0.6) is 11.5 Å². The van der Waals surface area contributed by atoms with Crippen LogP contribution >= 0.6 is 23.2 Å². The van der Waals surface area contributed by atoms with Crippen molar-refractivity contribution in [3.63, 3.8) is 0 Å². The van der Waals surface area contributed by atoms with Crippen LogP contribution in [0.2, 0.25) is 10.0 Å². The van der Waals surface area contributed by atoms with Gasteiger partial charge in [0, 0.05) is 17.0 Å². The summed E-state index contributed by atoms with van der Waals surface area (Å²) in [6.45, 7) is 4.70. The number of benzene rings is 3. The number of carbonyl (C=O) groups excluding carboxylic acids is 2. The highest BCUT2D eigenvalue weighted by atomic mass is 35.5. The fourth-order valence-corrected chi connectivity index (χ4v) is 3.34. The second kappa shape index (κ2) is 11.7. The zero-order valence-corrected chi connectivity index (χ0v) is 20.0. The Morgan fingerprint density at radius 1 is 0.909 bits per heavy atom. The Morgan fingerprint density at radius 3 is 2.24 bits per heavy atom. The third kappa shape index (κ3) is 7.52. The van der Waals surface area contributed by atoms with Crippen molar-refractivity contribution in [1.82, 2.24) is 0 Å². The van der Waals surface area contributed by atoms with E-state index in [1.165, 1.54) is 5.56 Å². The molecule has 0 aliphatic rings. The standard InChI is InChI=1S/C26H25Cl2NO4/c1-17(2)18-5-10-21(11-6-18)32-15-3-4-25(30)33-22-12-7-19(8-13-22)26(31)29-24-16-20(27)9-14-23(24)28/h5-14,16-17H,3-4,15H2,1-2H3,(H,29,31). The van der Waals surface area contributed by atoms with Crippen LogP contribution < -0.4 is 14.8 Å². The number of amides is 1. The molecule has 1 N–H and O–H groups in total. The van der Waals surface area contributed by atoms with Gasteiger partial charge in [0.25, 0.3) is 5.91 Å². The molecule has 0 saturated carbocycles. The summed E-state index contributed by atoms with van der Waals surface area (Å²) in [5.74, 6) is 0.897. The lowest BCUT2D eigenvalue weighted by Gasteiger charge is -2.10. The van der Waals surface area contributed by atoms with Gasteiger partial charge in [-0.2, -0.15) is 0 Å². The molecule has 0 saturated heterocycles. The Hall–Kier alpha value is -3.02. The Labute approximate surface area is 203 Å². The van der Waals surface area contributed by atoms with Crippen molar-refractivity contribution in [3.8, 4) is 11.5 Å². The summed E-state index contributed by atoms with van der Waals surface area (Å²) in [5, 5.41) is 3.56. The number of nitrogens with one attached hydrogen (secondary N) is 1. The first kappa shape index (κ1) is 24.6. The highest BCUT2D eigenvalue weighted by Gasteiger charge is 2.11. The van der Waals surface area contributed by atoms with Gasteiger partial charge < -0.3 is 14.8 Å². The number of hydrogen-bond acceptors (Lipinski definition) is 4. The van der Waals surface area contributed by atoms with Crippen LogP contribution in [0.1, 0.15) is 48.5 Å². The van der Waals surface area contributed by atoms with Crippen molar-refractivity contribution in [2.24, 2.45) is 0 Å². The summed E-state index contributed by atoms with van der Waals surface area (Å²) in [4.78, 5) is 24.5. The number of anilines is 1. The molecule has 0 spiro atoms. The number of carbonyl (C=O) groups is 2. The molecule has 0 aromatic heterocycles. The maximum absolute atomic E-state index is 12.4. The van der Waals surface area contributed by atoms with Gasteiger partial charge in [-0.15, -0.1) is 0 Å². The third-order valence-corrected chi connectivity index (χ3v) is 5.43. The molecular formula is C26H25Cl2NO4. The minimum atomic E-state index is -0.364. The number of halogens is 2. The van der Waals surface area contributed by atoms with Crippen molar-refractivity contribution in [1.29, 1.82) is 0 Å². The first-order valence-electron chi connectivity index (χ1n) is 10.6. The monoisotopic (exact) mass is 485 g/mol. The molecule has 0 unspecified atom stereocenters. The van der Waals surface area contributed by atoms with E-state index in [0.717, 1.165) is 5.75 Å². The lowest BCUT2D eigenvalue weighted by molar-refractivity contribution is -0.134. The van der Waals surface area contributed by atoms with E-state index >= 15 is 0 Å². The number of rotatable bonds is 9. The Bertz CT molecular complexity index is 1100. The molecule has 0 fully saturated rings. The van der Waals surface area contributed by atoms with Crippen LogP contribution in [0.4, 0.5) is 5.69 Å². The normalized spacial score (nSPS) is 10.7. The van der Waals surface area contributed by atoms with E-state index in [2.05, 4.69) is 19.2 Å². The van der Waals surface area contributed by atoms with Gasteiger partial charge >= 0.3 is 5.97 Å². The summed E-state index contributed by atoms with van der Waals surface area (Å²) in [5.41, 5.74) is 2.06. The van der Waals surface area contributed by atoms with Crippen LogP contribution in [0.15, 0.2) is 66.7 Å². The third-order valence-electron chi connectivity index (χ3n) is 4.87. The van der Waals surface area contributed by atoms with E-state index in [0.29, 0.717) is 46.0 Å².